The van der Waals surface area contributed by atoms with Gasteiger partial charge in [0.15, 0.2) is 0 Å². The Morgan fingerprint density at radius 2 is 1.74 bits per heavy atom. The van der Waals surface area contributed by atoms with Gasteiger partial charge < -0.3 is 10.1 Å². The molecule has 0 saturated carbocycles. The van der Waals surface area contributed by atoms with Crippen molar-refractivity contribution in [1.82, 2.24) is 5.43 Å². The highest BCUT2D eigenvalue weighted by molar-refractivity contribution is 9.10. The largest absolute Gasteiger partial charge is 0.488 e. The van der Waals surface area contributed by atoms with Crippen LogP contribution in [0.25, 0.3) is 0 Å². The van der Waals surface area contributed by atoms with Gasteiger partial charge in [-0.15, -0.1) is 0 Å². The molecule has 0 unspecified atom stereocenters. The summed E-state index contributed by atoms with van der Waals surface area (Å²) in [5.74, 6) is 0.379. The van der Waals surface area contributed by atoms with E-state index in [2.05, 4.69) is 31.8 Å². The van der Waals surface area contributed by atoms with E-state index in [1.54, 1.807) is 48.7 Å². The first kappa shape index (κ1) is 23.4. The Labute approximate surface area is 203 Å². The van der Waals surface area contributed by atoms with Crippen molar-refractivity contribution >= 4 is 68.5 Å². The van der Waals surface area contributed by atoms with E-state index in [-0.39, 0.29) is 12.5 Å². The highest BCUT2D eigenvalue weighted by Crippen LogP contribution is 2.28. The fourth-order valence-corrected chi connectivity index (χ4v) is 3.58. The van der Waals surface area contributed by atoms with Crippen molar-refractivity contribution in [1.29, 1.82) is 0 Å². The van der Waals surface area contributed by atoms with Crippen LogP contribution in [0.4, 0.5) is 5.69 Å². The van der Waals surface area contributed by atoms with Crippen molar-refractivity contribution in [3.05, 3.63) is 91.3 Å². The van der Waals surface area contributed by atoms with E-state index in [9.17, 15) is 4.79 Å². The van der Waals surface area contributed by atoms with Crippen LogP contribution in [-0.2, 0) is 11.4 Å². The molecule has 9 heteroatoms. The topological polar surface area (TPSA) is 62.7 Å². The summed E-state index contributed by atoms with van der Waals surface area (Å²) in [7, 11) is 0. The lowest BCUT2D eigenvalue weighted by atomic mass is 10.2. The molecule has 31 heavy (non-hydrogen) atoms. The zero-order valence-electron chi connectivity index (χ0n) is 16.0. The molecule has 3 aromatic carbocycles. The van der Waals surface area contributed by atoms with Crippen LogP contribution in [0.15, 0.2) is 70.2 Å². The van der Waals surface area contributed by atoms with Crippen LogP contribution in [0.1, 0.15) is 11.1 Å². The highest BCUT2D eigenvalue weighted by Gasteiger charge is 2.06. The molecule has 3 aromatic rings. The second-order valence-electron chi connectivity index (χ2n) is 6.37. The normalized spacial score (nSPS) is 10.8. The van der Waals surface area contributed by atoms with Crippen LogP contribution >= 0.6 is 50.7 Å². The van der Waals surface area contributed by atoms with Crippen LogP contribution < -0.4 is 15.5 Å². The second-order valence-corrected chi connectivity index (χ2v) is 8.50. The van der Waals surface area contributed by atoms with Crippen molar-refractivity contribution in [3.8, 4) is 5.75 Å². The third-order valence-corrected chi connectivity index (χ3v) is 5.51. The molecule has 0 aliphatic carbocycles. The van der Waals surface area contributed by atoms with Crippen molar-refractivity contribution in [2.45, 2.75) is 6.61 Å². The average Bonchev–Trinajstić information content (AvgIpc) is 2.74. The Bertz CT molecular complexity index is 1090. The second kappa shape index (κ2) is 11.4. The number of ether oxygens (including phenoxy) is 1. The van der Waals surface area contributed by atoms with E-state index in [0.717, 1.165) is 21.3 Å². The first-order valence-electron chi connectivity index (χ1n) is 9.08. The maximum absolute atomic E-state index is 11.9. The van der Waals surface area contributed by atoms with E-state index in [0.29, 0.717) is 27.4 Å². The van der Waals surface area contributed by atoms with Crippen molar-refractivity contribution in [3.63, 3.8) is 0 Å². The van der Waals surface area contributed by atoms with E-state index in [1.165, 1.54) is 0 Å². The molecule has 0 bridgehead atoms. The molecule has 3 rings (SSSR count). The summed E-state index contributed by atoms with van der Waals surface area (Å²) < 4.78 is 6.56. The van der Waals surface area contributed by atoms with Crippen molar-refractivity contribution in [2.24, 2.45) is 5.10 Å². The minimum Gasteiger partial charge on any atom is -0.488 e. The fraction of sp³-hybridized carbons (Fsp3) is 0.0909. The first-order chi connectivity index (χ1) is 14.9. The molecule has 0 fully saturated rings. The smallest absolute Gasteiger partial charge is 0.259 e. The van der Waals surface area contributed by atoms with Gasteiger partial charge in [0.1, 0.15) is 12.4 Å². The van der Waals surface area contributed by atoms with Crippen LogP contribution in [0.3, 0.4) is 0 Å². The molecule has 0 spiro atoms. The zero-order chi connectivity index (χ0) is 22.2. The number of rotatable bonds is 8. The summed E-state index contributed by atoms with van der Waals surface area (Å²) in [6.07, 6.45) is 1.55. The predicted octanol–water partition coefficient (Wildman–Crippen LogP) is 6.55. The number of nitrogens with zero attached hydrogens (tertiary/aromatic N) is 1. The lowest BCUT2D eigenvalue weighted by molar-refractivity contribution is -0.119. The Morgan fingerprint density at radius 1 is 1.00 bits per heavy atom. The van der Waals surface area contributed by atoms with Gasteiger partial charge >= 0.3 is 0 Å². The number of benzene rings is 3. The minimum atomic E-state index is -0.273. The molecule has 1 amide bonds. The molecule has 0 aromatic heterocycles. The third-order valence-electron chi connectivity index (χ3n) is 4.05. The zero-order valence-corrected chi connectivity index (χ0v) is 19.9. The molecule has 0 atom stereocenters. The van der Waals surface area contributed by atoms with Gasteiger partial charge in [0.2, 0.25) is 0 Å². The number of amides is 1. The number of hydrogen-bond donors (Lipinski definition) is 2. The summed E-state index contributed by atoms with van der Waals surface area (Å²) in [6, 6.07) is 17.8. The third kappa shape index (κ3) is 7.43. The number of hydrazone groups is 1. The quantitative estimate of drug-likeness (QED) is 0.251. The molecular weight excluding hydrogens is 525 g/mol. The maximum atomic E-state index is 11.9. The number of anilines is 1. The van der Waals surface area contributed by atoms with Crippen LogP contribution in [-0.4, -0.2) is 18.7 Å². The number of carbonyl (C=O) groups is 1. The maximum Gasteiger partial charge on any atom is 0.259 e. The molecule has 0 saturated heterocycles. The van der Waals surface area contributed by atoms with Crippen LogP contribution in [0.2, 0.25) is 15.1 Å². The Balaban J connectivity index is 1.49. The molecule has 160 valence electrons. The number of nitrogens with one attached hydrogen (secondary N) is 2. The van der Waals surface area contributed by atoms with Gasteiger partial charge in [-0.1, -0.05) is 40.9 Å². The van der Waals surface area contributed by atoms with E-state index in [1.807, 2.05) is 18.2 Å². The molecule has 0 heterocycles. The lowest BCUT2D eigenvalue weighted by Crippen LogP contribution is -2.25. The summed E-state index contributed by atoms with van der Waals surface area (Å²) >= 11 is 21.4. The summed E-state index contributed by atoms with van der Waals surface area (Å²) in [6.45, 7) is 0.390. The Hall–Kier alpha value is -2.25. The fourth-order valence-electron chi connectivity index (χ4n) is 2.48. The predicted molar refractivity (Wildman–Crippen MR) is 131 cm³/mol. The van der Waals surface area contributed by atoms with Crippen molar-refractivity contribution in [2.75, 3.05) is 11.9 Å². The van der Waals surface area contributed by atoms with Gasteiger partial charge in [0.25, 0.3) is 5.91 Å². The van der Waals surface area contributed by atoms with E-state index >= 15 is 0 Å². The van der Waals surface area contributed by atoms with Crippen LogP contribution in [0.5, 0.6) is 5.75 Å². The molecule has 0 aliphatic rings. The van der Waals surface area contributed by atoms with Gasteiger partial charge in [-0.3, -0.25) is 4.79 Å². The van der Waals surface area contributed by atoms with Crippen LogP contribution in [0, 0.1) is 0 Å². The van der Waals surface area contributed by atoms with Gasteiger partial charge in [-0.05, 0) is 76.1 Å². The Kier molecular flexibility index (Phi) is 8.60. The van der Waals surface area contributed by atoms with E-state index < -0.39 is 0 Å². The van der Waals surface area contributed by atoms with Gasteiger partial charge in [0.05, 0.1) is 17.2 Å². The van der Waals surface area contributed by atoms with Gasteiger partial charge in [-0.2, -0.15) is 5.10 Å². The number of hydrogen-bond acceptors (Lipinski definition) is 4. The molecule has 0 radical (unpaired) electrons. The molecular formula is C22H17BrCl3N3O2. The summed E-state index contributed by atoms with van der Waals surface area (Å²) in [5, 5.41) is 8.72. The monoisotopic (exact) mass is 539 g/mol. The lowest BCUT2D eigenvalue weighted by Gasteiger charge is -2.10. The highest BCUT2D eigenvalue weighted by atomic mass is 79.9. The average molecular weight is 542 g/mol. The van der Waals surface area contributed by atoms with Gasteiger partial charge in [-0.25, -0.2) is 5.43 Å². The Morgan fingerprint density at radius 3 is 2.45 bits per heavy atom. The SMILES string of the molecule is O=C(CNc1ccc(Cl)cc1)N/N=C\c1ccc(OCc2ccc(Cl)cc2Cl)c(Br)c1. The molecule has 0 aliphatic heterocycles. The number of halogens is 4. The summed E-state index contributed by atoms with van der Waals surface area (Å²) in [5.41, 5.74) is 4.89. The molecule has 2 N–H and O–H groups in total. The van der Waals surface area contributed by atoms with E-state index in [4.69, 9.17) is 39.5 Å². The minimum absolute atomic E-state index is 0.0860. The summed E-state index contributed by atoms with van der Waals surface area (Å²) in [4.78, 5) is 11.9. The van der Waals surface area contributed by atoms with Gasteiger partial charge in [0, 0.05) is 26.3 Å². The first-order valence-corrected chi connectivity index (χ1v) is 11.0. The standard InChI is InChI=1S/C22H17BrCl3N3O2/c23-19-9-14(1-8-21(19)31-13-15-2-3-17(25)10-20(15)26)11-28-29-22(30)12-27-18-6-4-16(24)5-7-18/h1-11,27H,12-13H2,(H,29,30)/b28-11-. The number of carbonyl (C=O) groups excluding carboxylic acids is 1. The van der Waals surface area contributed by atoms with Crippen molar-refractivity contribution < 1.29 is 9.53 Å². The molecule has 5 nitrogen and oxygen atoms in total.